The third-order valence-corrected chi connectivity index (χ3v) is 4.99. The first-order valence-corrected chi connectivity index (χ1v) is 8.88. The van der Waals surface area contributed by atoms with E-state index >= 15 is 0 Å². The number of aromatic carboxylic acids is 1. The fraction of sp³-hybridized carbons (Fsp3) is 0.300. The van der Waals surface area contributed by atoms with Crippen molar-refractivity contribution in [1.82, 2.24) is 15.2 Å². The van der Waals surface area contributed by atoms with Gasteiger partial charge in [-0.15, -0.1) is 0 Å². The fourth-order valence-corrected chi connectivity index (χ4v) is 3.63. The van der Waals surface area contributed by atoms with Crippen molar-refractivity contribution >= 4 is 23.1 Å². The molecule has 2 N–H and O–H groups in total. The van der Waals surface area contributed by atoms with Crippen molar-refractivity contribution < 1.29 is 9.90 Å². The maximum Gasteiger partial charge on any atom is 0.335 e. The zero-order valence-corrected chi connectivity index (χ0v) is 14.8. The summed E-state index contributed by atoms with van der Waals surface area (Å²) in [6.07, 6.45) is 4.06. The second kappa shape index (κ2) is 6.71. The van der Waals surface area contributed by atoms with Crippen molar-refractivity contribution in [3.63, 3.8) is 0 Å². The highest BCUT2D eigenvalue weighted by atomic mass is 16.4. The highest BCUT2D eigenvalue weighted by molar-refractivity contribution is 5.93. The van der Waals surface area contributed by atoms with Gasteiger partial charge in [-0.2, -0.15) is 0 Å². The van der Waals surface area contributed by atoms with E-state index < -0.39 is 5.97 Å². The zero-order chi connectivity index (χ0) is 18.1. The lowest BCUT2D eigenvalue weighted by atomic mass is 10.1. The first-order chi connectivity index (χ1) is 12.6. The topological polar surface area (TPSA) is 68.7 Å². The molecule has 3 heterocycles. The number of hydrogen-bond acceptors (Lipinski definition) is 5. The summed E-state index contributed by atoms with van der Waals surface area (Å²) in [5.41, 5.74) is 5.14. The zero-order valence-electron chi connectivity index (χ0n) is 14.8. The van der Waals surface area contributed by atoms with E-state index in [0.717, 1.165) is 30.0 Å². The van der Waals surface area contributed by atoms with E-state index in [-0.39, 0.29) is 5.56 Å². The molecule has 0 bridgehead atoms. The quantitative estimate of drug-likeness (QED) is 0.884. The second-order valence-electron chi connectivity index (χ2n) is 6.73. The molecule has 4 rings (SSSR count). The number of nitrogens with one attached hydrogen (secondary N) is 1. The van der Waals surface area contributed by atoms with Crippen LogP contribution in [0, 0.1) is 0 Å². The summed E-state index contributed by atoms with van der Waals surface area (Å²) >= 11 is 0. The Morgan fingerprint density at radius 2 is 1.88 bits per heavy atom. The number of pyridine rings is 1. The molecule has 1 fully saturated rings. The third kappa shape index (κ3) is 2.98. The Labute approximate surface area is 152 Å². The van der Waals surface area contributed by atoms with Crippen molar-refractivity contribution in [2.24, 2.45) is 0 Å². The molecule has 134 valence electrons. The molecule has 0 aliphatic carbocycles. The third-order valence-electron chi connectivity index (χ3n) is 4.99. The number of aromatic nitrogens is 1. The normalized spacial score (nSPS) is 17.0. The maximum absolute atomic E-state index is 11.3. The van der Waals surface area contributed by atoms with Crippen LogP contribution < -0.4 is 10.2 Å². The van der Waals surface area contributed by atoms with Gasteiger partial charge in [0.1, 0.15) is 0 Å². The van der Waals surface area contributed by atoms with Gasteiger partial charge in [-0.05, 0) is 37.1 Å². The van der Waals surface area contributed by atoms with Gasteiger partial charge in [-0.1, -0.05) is 12.1 Å². The van der Waals surface area contributed by atoms with Crippen molar-refractivity contribution in [2.75, 3.05) is 31.7 Å². The Bertz CT molecular complexity index is 854. The minimum Gasteiger partial charge on any atom is -0.478 e. The number of carbonyl (C=O) groups is 1. The highest BCUT2D eigenvalue weighted by Gasteiger charge is 2.23. The van der Waals surface area contributed by atoms with Crippen molar-refractivity contribution in [1.29, 1.82) is 0 Å². The van der Waals surface area contributed by atoms with Gasteiger partial charge < -0.3 is 20.2 Å². The SMILES string of the molecule is CN1CNC(c2cc(C(=O)O)ccn2)=C1c1ccc(N2CCCC2)cc1. The first kappa shape index (κ1) is 16.4. The Morgan fingerprint density at radius 1 is 1.15 bits per heavy atom. The lowest BCUT2D eigenvalue weighted by Gasteiger charge is -2.19. The molecule has 26 heavy (non-hydrogen) atoms. The van der Waals surface area contributed by atoms with Crippen LogP contribution in [0.4, 0.5) is 5.69 Å². The van der Waals surface area contributed by atoms with Gasteiger partial charge >= 0.3 is 5.97 Å². The van der Waals surface area contributed by atoms with E-state index in [1.165, 1.54) is 24.6 Å². The van der Waals surface area contributed by atoms with Gasteiger partial charge in [0.15, 0.2) is 0 Å². The summed E-state index contributed by atoms with van der Waals surface area (Å²) in [5.74, 6) is -0.947. The van der Waals surface area contributed by atoms with Crippen LogP contribution >= 0.6 is 0 Å². The summed E-state index contributed by atoms with van der Waals surface area (Å²) in [6.45, 7) is 2.92. The summed E-state index contributed by atoms with van der Waals surface area (Å²) in [4.78, 5) is 20.2. The Kier molecular flexibility index (Phi) is 4.24. The molecule has 6 nitrogen and oxygen atoms in total. The molecule has 6 heteroatoms. The fourth-order valence-electron chi connectivity index (χ4n) is 3.63. The van der Waals surface area contributed by atoms with Crippen LogP contribution in [-0.2, 0) is 0 Å². The van der Waals surface area contributed by atoms with Crippen LogP contribution in [0.2, 0.25) is 0 Å². The maximum atomic E-state index is 11.3. The molecule has 2 aliphatic heterocycles. The number of carboxylic acid groups (broad SMARTS) is 1. The molecule has 2 aromatic rings. The van der Waals surface area contributed by atoms with Crippen LogP contribution in [0.5, 0.6) is 0 Å². The smallest absolute Gasteiger partial charge is 0.335 e. The van der Waals surface area contributed by atoms with Gasteiger partial charge in [0, 0.05) is 37.6 Å². The Hall–Kier alpha value is -3.02. The van der Waals surface area contributed by atoms with Crippen LogP contribution in [0.3, 0.4) is 0 Å². The van der Waals surface area contributed by atoms with Gasteiger partial charge in [0.25, 0.3) is 0 Å². The van der Waals surface area contributed by atoms with Crippen LogP contribution in [-0.4, -0.2) is 47.8 Å². The molecule has 0 saturated carbocycles. The Morgan fingerprint density at radius 3 is 2.58 bits per heavy atom. The number of nitrogens with zero attached hydrogens (tertiary/aromatic N) is 3. The van der Waals surface area contributed by atoms with Gasteiger partial charge in [-0.25, -0.2) is 4.79 Å². The van der Waals surface area contributed by atoms with E-state index in [9.17, 15) is 9.90 Å². The number of hydrogen-bond donors (Lipinski definition) is 2. The number of benzene rings is 1. The lowest BCUT2D eigenvalue weighted by molar-refractivity contribution is 0.0696. The average Bonchev–Trinajstić information content (AvgIpc) is 3.32. The minimum absolute atomic E-state index is 0.239. The molecular weight excluding hydrogens is 328 g/mol. The van der Waals surface area contributed by atoms with Gasteiger partial charge in [0.05, 0.1) is 29.3 Å². The molecule has 0 amide bonds. The summed E-state index contributed by atoms with van der Waals surface area (Å²) in [5, 5.41) is 12.6. The first-order valence-electron chi connectivity index (χ1n) is 8.88. The second-order valence-corrected chi connectivity index (χ2v) is 6.73. The molecule has 0 unspecified atom stereocenters. The van der Waals surface area contributed by atoms with Crippen molar-refractivity contribution in [3.8, 4) is 0 Å². The predicted molar refractivity (Wildman–Crippen MR) is 102 cm³/mol. The number of rotatable bonds is 4. The number of anilines is 1. The van der Waals surface area contributed by atoms with E-state index in [1.54, 1.807) is 12.3 Å². The molecule has 0 radical (unpaired) electrons. The van der Waals surface area contributed by atoms with Crippen LogP contribution in [0.1, 0.15) is 34.5 Å². The van der Waals surface area contributed by atoms with Crippen molar-refractivity contribution in [3.05, 3.63) is 59.4 Å². The Balaban J connectivity index is 1.71. The van der Waals surface area contributed by atoms with E-state index in [0.29, 0.717) is 12.4 Å². The van der Waals surface area contributed by atoms with Crippen molar-refractivity contribution in [2.45, 2.75) is 12.8 Å². The molecule has 0 atom stereocenters. The van der Waals surface area contributed by atoms with E-state index in [1.807, 2.05) is 7.05 Å². The van der Waals surface area contributed by atoms with E-state index in [2.05, 4.69) is 44.4 Å². The predicted octanol–water partition coefficient (Wildman–Crippen LogP) is 2.70. The van der Waals surface area contributed by atoms with Crippen LogP contribution in [0.25, 0.3) is 11.4 Å². The van der Waals surface area contributed by atoms with E-state index in [4.69, 9.17) is 0 Å². The molecule has 1 saturated heterocycles. The van der Waals surface area contributed by atoms with Crippen LogP contribution in [0.15, 0.2) is 42.6 Å². The molecule has 1 aromatic heterocycles. The lowest BCUT2D eigenvalue weighted by Crippen LogP contribution is -2.19. The molecule has 0 spiro atoms. The number of carboxylic acids is 1. The standard InChI is InChI=1S/C20H22N4O2/c1-23-13-22-18(17-12-15(20(25)26)8-9-21-17)19(23)14-4-6-16(7-5-14)24-10-2-3-11-24/h4-9,12,22H,2-3,10-11,13H2,1H3,(H,25,26). The summed E-state index contributed by atoms with van der Waals surface area (Å²) in [7, 11) is 2.02. The largest absolute Gasteiger partial charge is 0.478 e. The highest BCUT2D eigenvalue weighted by Crippen LogP contribution is 2.31. The van der Waals surface area contributed by atoms with Gasteiger partial charge in [-0.3, -0.25) is 4.98 Å². The average molecular weight is 350 g/mol. The monoisotopic (exact) mass is 350 g/mol. The summed E-state index contributed by atoms with van der Waals surface area (Å²) in [6, 6.07) is 11.7. The summed E-state index contributed by atoms with van der Waals surface area (Å²) < 4.78 is 0. The molecule has 2 aliphatic rings. The molecular formula is C20H22N4O2. The molecule has 1 aromatic carbocycles. The van der Waals surface area contributed by atoms with Gasteiger partial charge in [0.2, 0.25) is 0 Å². The minimum atomic E-state index is -0.947.